The van der Waals surface area contributed by atoms with Crippen molar-refractivity contribution in [2.75, 3.05) is 23.7 Å². The minimum atomic E-state index is 0.227. The van der Waals surface area contributed by atoms with Crippen LogP contribution in [0.3, 0.4) is 0 Å². The van der Waals surface area contributed by atoms with Gasteiger partial charge in [0.25, 0.3) is 0 Å². The van der Waals surface area contributed by atoms with E-state index in [2.05, 4.69) is 37.5 Å². The standard InChI is InChI=1S/C22H24N6O/c1-4-23-20-6-5-16(12-26-20)18-10-21(28-13-27-18)25-11-14(2)17-7-8-24-19-9-15(3)29-22(17)19/h5-10,12-14H,4,11H2,1-3H3,(H,23,26)(H,25,27,28). The summed E-state index contributed by atoms with van der Waals surface area (Å²) in [5.41, 5.74) is 4.66. The van der Waals surface area contributed by atoms with E-state index in [1.165, 1.54) is 0 Å². The Bertz CT molecular complexity index is 1110. The van der Waals surface area contributed by atoms with Crippen LogP contribution in [0, 0.1) is 6.92 Å². The number of anilines is 2. The summed E-state index contributed by atoms with van der Waals surface area (Å²) >= 11 is 0. The molecule has 0 aliphatic rings. The molecule has 0 aromatic carbocycles. The minimum absolute atomic E-state index is 0.227. The Morgan fingerprint density at radius 1 is 1.00 bits per heavy atom. The van der Waals surface area contributed by atoms with E-state index in [4.69, 9.17) is 4.42 Å². The number of fused-ring (bicyclic) bond motifs is 1. The molecule has 4 rings (SSSR count). The first-order valence-corrected chi connectivity index (χ1v) is 9.75. The Morgan fingerprint density at radius 2 is 1.90 bits per heavy atom. The molecule has 2 N–H and O–H groups in total. The number of nitrogens with zero attached hydrogens (tertiary/aromatic N) is 4. The monoisotopic (exact) mass is 388 g/mol. The summed E-state index contributed by atoms with van der Waals surface area (Å²) in [7, 11) is 0. The summed E-state index contributed by atoms with van der Waals surface area (Å²) in [6, 6.07) is 9.88. The third-order valence-corrected chi connectivity index (χ3v) is 4.77. The number of aromatic nitrogens is 4. The number of pyridine rings is 2. The number of hydrogen-bond donors (Lipinski definition) is 2. The highest BCUT2D eigenvalue weighted by Gasteiger charge is 2.14. The lowest BCUT2D eigenvalue weighted by Gasteiger charge is -2.14. The Kier molecular flexibility index (Phi) is 5.37. The van der Waals surface area contributed by atoms with Gasteiger partial charge >= 0.3 is 0 Å². The first kappa shape index (κ1) is 18.9. The van der Waals surface area contributed by atoms with Gasteiger partial charge in [-0.25, -0.2) is 15.0 Å². The minimum Gasteiger partial charge on any atom is -0.459 e. The molecule has 0 bridgehead atoms. The number of hydrogen-bond acceptors (Lipinski definition) is 7. The maximum atomic E-state index is 5.85. The van der Waals surface area contributed by atoms with E-state index in [1.807, 2.05) is 56.6 Å². The van der Waals surface area contributed by atoms with Gasteiger partial charge < -0.3 is 15.1 Å². The maximum Gasteiger partial charge on any atom is 0.156 e. The quantitative estimate of drug-likeness (QED) is 0.477. The van der Waals surface area contributed by atoms with Gasteiger partial charge in [0.05, 0.1) is 5.69 Å². The van der Waals surface area contributed by atoms with Gasteiger partial charge in [-0.1, -0.05) is 6.92 Å². The molecule has 1 atom stereocenters. The van der Waals surface area contributed by atoms with Crippen LogP contribution in [-0.2, 0) is 0 Å². The van der Waals surface area contributed by atoms with Crippen molar-refractivity contribution < 1.29 is 4.42 Å². The Labute approximate surface area is 169 Å². The Hall–Kier alpha value is -3.48. The summed E-state index contributed by atoms with van der Waals surface area (Å²) in [6.45, 7) is 7.70. The largest absolute Gasteiger partial charge is 0.459 e. The van der Waals surface area contributed by atoms with Gasteiger partial charge in [0.15, 0.2) is 5.58 Å². The highest BCUT2D eigenvalue weighted by Crippen LogP contribution is 2.27. The number of rotatable bonds is 7. The number of furan rings is 1. The van der Waals surface area contributed by atoms with Crippen molar-refractivity contribution in [3.05, 3.63) is 60.4 Å². The summed E-state index contributed by atoms with van der Waals surface area (Å²) in [5, 5.41) is 6.60. The fourth-order valence-corrected chi connectivity index (χ4v) is 3.28. The lowest BCUT2D eigenvalue weighted by Crippen LogP contribution is -2.11. The van der Waals surface area contributed by atoms with Gasteiger partial charge in [0, 0.05) is 54.7 Å². The van der Waals surface area contributed by atoms with E-state index < -0.39 is 0 Å². The van der Waals surface area contributed by atoms with Gasteiger partial charge in [-0.15, -0.1) is 0 Å². The van der Waals surface area contributed by atoms with Crippen LogP contribution in [0.25, 0.3) is 22.4 Å². The molecule has 7 heteroatoms. The predicted octanol–water partition coefficient (Wildman–Crippen LogP) is 4.64. The van der Waals surface area contributed by atoms with Crippen molar-refractivity contribution in [2.24, 2.45) is 0 Å². The maximum absolute atomic E-state index is 5.85. The first-order chi connectivity index (χ1) is 14.1. The van der Waals surface area contributed by atoms with Gasteiger partial charge in [0.1, 0.15) is 29.2 Å². The van der Waals surface area contributed by atoms with E-state index in [-0.39, 0.29) is 5.92 Å². The molecule has 0 radical (unpaired) electrons. The van der Waals surface area contributed by atoms with Crippen molar-refractivity contribution in [3.8, 4) is 11.3 Å². The third-order valence-electron chi connectivity index (χ3n) is 4.77. The van der Waals surface area contributed by atoms with Crippen LogP contribution in [0.1, 0.15) is 31.1 Å². The van der Waals surface area contributed by atoms with E-state index in [9.17, 15) is 0 Å². The zero-order valence-electron chi connectivity index (χ0n) is 16.8. The molecule has 148 valence electrons. The van der Waals surface area contributed by atoms with Crippen molar-refractivity contribution in [3.63, 3.8) is 0 Å². The van der Waals surface area contributed by atoms with Gasteiger partial charge in [0.2, 0.25) is 0 Å². The number of aryl methyl sites for hydroxylation is 1. The molecule has 29 heavy (non-hydrogen) atoms. The highest BCUT2D eigenvalue weighted by atomic mass is 16.3. The Morgan fingerprint density at radius 3 is 2.69 bits per heavy atom. The summed E-state index contributed by atoms with van der Waals surface area (Å²) in [4.78, 5) is 17.5. The van der Waals surface area contributed by atoms with Crippen molar-refractivity contribution in [1.82, 2.24) is 19.9 Å². The topological polar surface area (TPSA) is 88.8 Å². The van der Waals surface area contributed by atoms with Crippen molar-refractivity contribution >= 4 is 22.7 Å². The number of nitrogens with one attached hydrogen (secondary N) is 2. The summed E-state index contributed by atoms with van der Waals surface area (Å²) < 4.78 is 5.85. The summed E-state index contributed by atoms with van der Waals surface area (Å²) in [6.07, 6.45) is 5.22. The average Bonchev–Trinajstić information content (AvgIpc) is 3.13. The molecule has 0 aliphatic heterocycles. The van der Waals surface area contributed by atoms with Crippen LogP contribution in [0.5, 0.6) is 0 Å². The Balaban J connectivity index is 1.48. The lowest BCUT2D eigenvalue weighted by atomic mass is 10.0. The van der Waals surface area contributed by atoms with Crippen LogP contribution < -0.4 is 10.6 Å². The molecule has 0 aliphatic carbocycles. The van der Waals surface area contributed by atoms with Gasteiger partial charge in [-0.2, -0.15) is 0 Å². The molecule has 0 spiro atoms. The summed E-state index contributed by atoms with van der Waals surface area (Å²) in [5.74, 6) is 2.73. The zero-order chi connectivity index (χ0) is 20.2. The fourth-order valence-electron chi connectivity index (χ4n) is 3.28. The zero-order valence-corrected chi connectivity index (χ0v) is 16.8. The lowest BCUT2D eigenvalue weighted by molar-refractivity contribution is 0.570. The second-order valence-electron chi connectivity index (χ2n) is 7.00. The molecule has 7 nitrogen and oxygen atoms in total. The third kappa shape index (κ3) is 4.18. The van der Waals surface area contributed by atoms with E-state index in [0.29, 0.717) is 6.54 Å². The molecule has 4 aromatic rings. The van der Waals surface area contributed by atoms with E-state index in [0.717, 1.165) is 51.9 Å². The van der Waals surface area contributed by atoms with E-state index >= 15 is 0 Å². The van der Waals surface area contributed by atoms with Crippen molar-refractivity contribution in [2.45, 2.75) is 26.7 Å². The van der Waals surface area contributed by atoms with Crippen LogP contribution in [-0.4, -0.2) is 33.0 Å². The molecule has 0 saturated carbocycles. The smallest absolute Gasteiger partial charge is 0.156 e. The fraction of sp³-hybridized carbons (Fsp3) is 0.273. The second-order valence-corrected chi connectivity index (χ2v) is 7.00. The van der Waals surface area contributed by atoms with Crippen LogP contribution in [0.4, 0.5) is 11.6 Å². The molecule has 0 fully saturated rings. The highest BCUT2D eigenvalue weighted by molar-refractivity contribution is 5.77. The molecule has 4 aromatic heterocycles. The average molecular weight is 388 g/mol. The second kappa shape index (κ2) is 8.26. The van der Waals surface area contributed by atoms with Crippen LogP contribution >= 0.6 is 0 Å². The van der Waals surface area contributed by atoms with Crippen LogP contribution in [0.2, 0.25) is 0 Å². The molecular weight excluding hydrogens is 364 g/mol. The molecular formula is C22H24N6O. The van der Waals surface area contributed by atoms with Gasteiger partial charge in [-0.3, -0.25) is 4.98 Å². The van der Waals surface area contributed by atoms with E-state index in [1.54, 1.807) is 6.33 Å². The van der Waals surface area contributed by atoms with Crippen molar-refractivity contribution in [1.29, 1.82) is 0 Å². The van der Waals surface area contributed by atoms with Crippen LogP contribution in [0.15, 0.2) is 53.5 Å². The molecule has 0 saturated heterocycles. The normalized spacial score (nSPS) is 12.1. The molecule has 4 heterocycles. The molecule has 1 unspecified atom stereocenters. The molecule has 0 amide bonds. The SMILES string of the molecule is CCNc1ccc(-c2cc(NCC(C)c3ccnc4cc(C)oc34)ncn2)cn1. The predicted molar refractivity (Wildman–Crippen MR) is 115 cm³/mol. The first-order valence-electron chi connectivity index (χ1n) is 9.75. The van der Waals surface area contributed by atoms with Gasteiger partial charge in [-0.05, 0) is 32.0 Å².